The Morgan fingerprint density at radius 3 is 1.19 bits per heavy atom. The van der Waals surface area contributed by atoms with Gasteiger partial charge in [-0.05, 0) is 48.5 Å². The van der Waals surface area contributed by atoms with Crippen molar-refractivity contribution in [1.82, 2.24) is 0 Å². The van der Waals surface area contributed by atoms with Crippen molar-refractivity contribution in [3.63, 3.8) is 0 Å². The first-order valence-corrected chi connectivity index (χ1v) is 7.72. The van der Waals surface area contributed by atoms with Crippen molar-refractivity contribution in [2.75, 3.05) is 0 Å². The summed E-state index contributed by atoms with van der Waals surface area (Å²) in [6, 6.07) is 13.2. The van der Waals surface area contributed by atoms with E-state index in [0.29, 0.717) is 0 Å². The van der Waals surface area contributed by atoms with Gasteiger partial charge < -0.3 is 10.2 Å². The zero-order valence-electron chi connectivity index (χ0n) is 10.1. The van der Waals surface area contributed by atoms with Gasteiger partial charge in [0.1, 0.15) is 0 Å². The number of rotatable bonds is 5. The van der Waals surface area contributed by atoms with Gasteiger partial charge in [0, 0.05) is 9.79 Å². The molecule has 106 valence electrons. The fourth-order valence-electron chi connectivity index (χ4n) is 1.40. The van der Waals surface area contributed by atoms with E-state index in [0.717, 1.165) is 9.79 Å². The molecule has 0 radical (unpaired) electrons. The zero-order valence-corrected chi connectivity index (χ0v) is 11.8. The predicted molar refractivity (Wildman–Crippen MR) is 87.1 cm³/mol. The first-order valence-electron chi connectivity index (χ1n) is 5.57. The Labute approximate surface area is 159 Å². The molecule has 0 atom stereocenters. The summed E-state index contributed by atoms with van der Waals surface area (Å²) < 4.78 is 0. The molecule has 0 aliphatic rings. The Kier molecular flexibility index (Phi) is 7.62. The summed E-state index contributed by atoms with van der Waals surface area (Å²) in [5.41, 5.74) is 0.510. The fraction of sp³-hybridized carbons (Fsp3) is 0. The van der Waals surface area contributed by atoms with Crippen LogP contribution in [-0.4, -0.2) is 59.9 Å². The molecule has 0 amide bonds. The Balaban J connectivity index is 0.00000220. The van der Waals surface area contributed by atoms with Crippen LogP contribution < -0.4 is 0 Å². The summed E-state index contributed by atoms with van der Waals surface area (Å²) in [5.74, 6) is -1.89. The van der Waals surface area contributed by atoms with Gasteiger partial charge in [-0.2, -0.15) is 0 Å². The van der Waals surface area contributed by atoms with E-state index in [1.54, 1.807) is 48.5 Å². The maximum atomic E-state index is 10.7. The van der Waals surface area contributed by atoms with Crippen molar-refractivity contribution in [2.24, 2.45) is 0 Å². The van der Waals surface area contributed by atoms with Gasteiger partial charge in [0.05, 0.1) is 11.1 Å². The third-order valence-corrected chi connectivity index (χ3v) is 4.85. The Morgan fingerprint density at radius 1 is 0.667 bits per heavy atom. The van der Waals surface area contributed by atoms with Crippen LogP contribution in [0.4, 0.5) is 0 Å². The Hall–Kier alpha value is -0.660. The van der Waals surface area contributed by atoms with E-state index < -0.39 is 11.9 Å². The van der Waals surface area contributed by atoms with Gasteiger partial charge in [0.15, 0.2) is 0 Å². The Bertz CT molecular complexity index is 569. The number of hydrogen-bond donors (Lipinski definition) is 2. The molecule has 0 aromatic heterocycles. The molecular formula is C14H12CaO4S2. The number of hydrogen-bond acceptors (Lipinski definition) is 4. The number of carbonyl (C=O) groups is 2. The van der Waals surface area contributed by atoms with Gasteiger partial charge in [-0.25, -0.2) is 9.59 Å². The van der Waals surface area contributed by atoms with Gasteiger partial charge in [-0.1, -0.05) is 21.6 Å². The number of carboxylic acid groups (broad SMARTS) is 2. The Morgan fingerprint density at radius 2 is 0.952 bits per heavy atom. The van der Waals surface area contributed by atoms with Crippen molar-refractivity contribution < 1.29 is 19.8 Å². The van der Waals surface area contributed by atoms with Crippen molar-refractivity contribution in [3.05, 3.63) is 59.7 Å². The third kappa shape index (κ3) is 5.56. The molecule has 21 heavy (non-hydrogen) atoms. The average molecular weight is 348 g/mol. The quantitative estimate of drug-likeness (QED) is 0.639. The second-order valence-corrected chi connectivity index (χ2v) is 6.10. The number of carboxylic acids is 2. The molecule has 7 heteroatoms. The van der Waals surface area contributed by atoms with E-state index in [1.807, 2.05) is 0 Å². The average Bonchev–Trinajstić information content (AvgIpc) is 2.46. The fourth-order valence-corrected chi connectivity index (χ4v) is 3.33. The standard InChI is InChI=1S/C14H10O4S2.Ca.2H/c15-13(16)9-1-5-11(6-2-9)19-20-12-7-3-10(4-8-12)14(17)18;;;/h1-8H,(H,15,16)(H,17,18);;;. The molecule has 0 unspecified atom stereocenters. The minimum atomic E-state index is -0.946. The summed E-state index contributed by atoms with van der Waals surface area (Å²) in [6.07, 6.45) is 0. The van der Waals surface area contributed by atoms with Crippen LogP contribution >= 0.6 is 21.6 Å². The number of benzene rings is 2. The topological polar surface area (TPSA) is 74.6 Å². The van der Waals surface area contributed by atoms with Crippen LogP contribution in [0.3, 0.4) is 0 Å². The van der Waals surface area contributed by atoms with Crippen LogP contribution in [0.25, 0.3) is 0 Å². The summed E-state index contributed by atoms with van der Waals surface area (Å²) in [7, 11) is 2.97. The molecule has 0 aliphatic carbocycles. The van der Waals surface area contributed by atoms with Gasteiger partial charge in [-0.3, -0.25) is 0 Å². The number of aromatic carboxylic acids is 2. The van der Waals surface area contributed by atoms with Crippen LogP contribution in [0, 0.1) is 0 Å². The molecule has 0 fully saturated rings. The molecule has 0 heterocycles. The van der Waals surface area contributed by atoms with E-state index in [1.165, 1.54) is 21.6 Å². The van der Waals surface area contributed by atoms with E-state index in [-0.39, 0.29) is 48.9 Å². The molecule has 0 spiro atoms. The first-order chi connectivity index (χ1) is 9.56. The van der Waals surface area contributed by atoms with Crippen LogP contribution in [0.15, 0.2) is 58.3 Å². The second-order valence-electron chi connectivity index (χ2n) is 3.83. The molecule has 2 N–H and O–H groups in total. The summed E-state index contributed by atoms with van der Waals surface area (Å²) >= 11 is 0. The van der Waals surface area contributed by atoms with Gasteiger partial charge in [0.2, 0.25) is 0 Å². The van der Waals surface area contributed by atoms with E-state index in [2.05, 4.69) is 0 Å². The van der Waals surface area contributed by atoms with Gasteiger partial charge in [-0.15, -0.1) is 0 Å². The molecule has 0 aliphatic heterocycles. The van der Waals surface area contributed by atoms with E-state index in [4.69, 9.17) is 10.2 Å². The van der Waals surface area contributed by atoms with Crippen molar-refractivity contribution in [1.29, 1.82) is 0 Å². The molecule has 2 rings (SSSR count). The van der Waals surface area contributed by atoms with Crippen molar-refractivity contribution in [2.45, 2.75) is 9.79 Å². The molecule has 2 aromatic rings. The SMILES string of the molecule is O=C(O)c1ccc(SSc2ccc(C(=O)O)cc2)cc1.[CaH2]. The monoisotopic (exact) mass is 348 g/mol. The van der Waals surface area contributed by atoms with Gasteiger partial charge in [0.25, 0.3) is 0 Å². The van der Waals surface area contributed by atoms with E-state index >= 15 is 0 Å². The van der Waals surface area contributed by atoms with Gasteiger partial charge >= 0.3 is 49.7 Å². The maximum absolute atomic E-state index is 10.7. The minimum absolute atomic E-state index is 0. The van der Waals surface area contributed by atoms with Crippen molar-refractivity contribution >= 4 is 71.3 Å². The summed E-state index contributed by atoms with van der Waals surface area (Å²) in [6.45, 7) is 0. The molecular weight excluding hydrogens is 336 g/mol. The second kappa shape index (κ2) is 8.70. The molecule has 4 nitrogen and oxygen atoms in total. The first kappa shape index (κ1) is 18.4. The van der Waals surface area contributed by atoms with Crippen LogP contribution in [0.1, 0.15) is 20.7 Å². The van der Waals surface area contributed by atoms with Crippen molar-refractivity contribution in [3.8, 4) is 0 Å². The van der Waals surface area contributed by atoms with E-state index in [9.17, 15) is 9.59 Å². The molecule has 2 aromatic carbocycles. The normalized spacial score (nSPS) is 9.71. The van der Waals surface area contributed by atoms with Crippen LogP contribution in [0.2, 0.25) is 0 Å². The van der Waals surface area contributed by atoms with Crippen LogP contribution in [-0.2, 0) is 0 Å². The summed E-state index contributed by atoms with van der Waals surface area (Å²) in [5, 5.41) is 17.6. The molecule has 0 saturated carbocycles. The molecule has 0 bridgehead atoms. The zero-order chi connectivity index (χ0) is 14.5. The predicted octanol–water partition coefficient (Wildman–Crippen LogP) is 2.97. The molecule has 0 saturated heterocycles. The van der Waals surface area contributed by atoms with Crippen LogP contribution in [0.5, 0.6) is 0 Å². The third-order valence-electron chi connectivity index (χ3n) is 2.44. The summed E-state index contributed by atoms with van der Waals surface area (Å²) in [4.78, 5) is 23.3.